The molecule has 0 heterocycles. The molecule has 2 bridgehead atoms. The summed E-state index contributed by atoms with van der Waals surface area (Å²) in [5.41, 5.74) is -1.36. The number of hydrogen-bond donors (Lipinski definition) is 0. The molecule has 0 N–H and O–H groups in total. The van der Waals surface area contributed by atoms with Crippen LogP contribution in [-0.2, 0) is 4.79 Å². The highest BCUT2D eigenvalue weighted by Gasteiger charge is 2.53. The third-order valence-corrected chi connectivity index (χ3v) is 2.50. The Kier molecular flexibility index (Phi) is 0.815. The Bertz CT molecular complexity index is 158. The highest BCUT2D eigenvalue weighted by molar-refractivity contribution is 5.89. The van der Waals surface area contributed by atoms with Crippen molar-refractivity contribution in [1.29, 1.82) is 0 Å². The van der Waals surface area contributed by atoms with Crippen molar-refractivity contribution in [2.75, 3.05) is 0 Å². The van der Waals surface area contributed by atoms with E-state index in [9.17, 15) is 9.18 Å². The molecule has 0 aromatic rings. The predicted octanol–water partition coefficient (Wildman–Crippen LogP) is 1.47. The van der Waals surface area contributed by atoms with E-state index < -0.39 is 5.67 Å². The van der Waals surface area contributed by atoms with Crippen LogP contribution in [0.5, 0.6) is 0 Å². The highest BCUT2D eigenvalue weighted by Crippen LogP contribution is 2.49. The number of hydrogen-bond acceptors (Lipinski definition) is 1. The van der Waals surface area contributed by atoms with E-state index in [0.29, 0.717) is 25.2 Å². The van der Waals surface area contributed by atoms with Crippen molar-refractivity contribution in [1.82, 2.24) is 0 Å². The minimum Gasteiger partial charge on any atom is -0.296 e. The third kappa shape index (κ3) is 0.562. The number of carbonyl (C=O) groups excluding carboxylic acids is 1. The van der Waals surface area contributed by atoms with E-state index in [1.807, 2.05) is 0 Å². The zero-order valence-electron chi connectivity index (χ0n) is 5.19. The summed E-state index contributed by atoms with van der Waals surface area (Å²) >= 11 is 0. The van der Waals surface area contributed by atoms with Gasteiger partial charge in [0, 0.05) is 6.42 Å². The lowest BCUT2D eigenvalue weighted by atomic mass is 9.62. The molecule has 50 valence electrons. The molecule has 0 atom stereocenters. The van der Waals surface area contributed by atoms with Gasteiger partial charge in [0.05, 0.1) is 0 Å². The van der Waals surface area contributed by atoms with Crippen LogP contribution in [0.3, 0.4) is 0 Å². The summed E-state index contributed by atoms with van der Waals surface area (Å²) in [7, 11) is 0. The number of carbonyl (C=O) groups is 1. The maximum atomic E-state index is 13.0. The van der Waals surface area contributed by atoms with Crippen LogP contribution in [0, 0.1) is 5.92 Å². The summed E-state index contributed by atoms with van der Waals surface area (Å²) in [6.07, 6.45) is 2.46. The van der Waals surface area contributed by atoms with Crippen molar-refractivity contribution in [2.24, 2.45) is 5.92 Å². The molecule has 0 aromatic heterocycles. The number of Topliss-reactive ketones (excluding diaryl/α,β-unsaturated/α-hetero) is 1. The first-order chi connectivity index (χ1) is 4.21. The van der Waals surface area contributed by atoms with Crippen LogP contribution < -0.4 is 0 Å². The largest absolute Gasteiger partial charge is 0.296 e. The molecule has 0 amide bonds. The summed E-state index contributed by atoms with van der Waals surface area (Å²) in [6.45, 7) is 0. The SMILES string of the molecule is O=C1CCC2CC1(F)C2. The highest BCUT2D eigenvalue weighted by atomic mass is 19.1. The van der Waals surface area contributed by atoms with Crippen molar-refractivity contribution in [3.05, 3.63) is 0 Å². The van der Waals surface area contributed by atoms with Gasteiger partial charge in [0.1, 0.15) is 0 Å². The van der Waals surface area contributed by atoms with Gasteiger partial charge in [-0.15, -0.1) is 0 Å². The average Bonchev–Trinajstić information content (AvgIpc) is 1.73. The fourth-order valence-electron chi connectivity index (χ4n) is 1.85. The van der Waals surface area contributed by atoms with E-state index >= 15 is 0 Å². The monoisotopic (exact) mass is 128 g/mol. The molecule has 0 unspecified atom stereocenters. The fourth-order valence-corrected chi connectivity index (χ4v) is 1.85. The second-order valence-electron chi connectivity index (χ2n) is 3.20. The molecule has 0 radical (unpaired) electrons. The minimum absolute atomic E-state index is 0.148. The first-order valence-electron chi connectivity index (χ1n) is 3.43. The smallest absolute Gasteiger partial charge is 0.170 e. The predicted molar refractivity (Wildman–Crippen MR) is 30.8 cm³/mol. The van der Waals surface area contributed by atoms with Gasteiger partial charge in [0.25, 0.3) is 0 Å². The molecule has 3 saturated carbocycles. The van der Waals surface area contributed by atoms with Crippen LogP contribution in [0.1, 0.15) is 25.7 Å². The molecule has 3 aliphatic carbocycles. The molecule has 0 saturated heterocycles. The van der Waals surface area contributed by atoms with Gasteiger partial charge in [-0.05, 0) is 25.2 Å². The summed E-state index contributed by atoms with van der Waals surface area (Å²) < 4.78 is 13.0. The number of ketones is 1. The van der Waals surface area contributed by atoms with E-state index in [4.69, 9.17) is 0 Å². The summed E-state index contributed by atoms with van der Waals surface area (Å²) in [5, 5.41) is 0. The van der Waals surface area contributed by atoms with Crippen molar-refractivity contribution < 1.29 is 9.18 Å². The molecule has 9 heavy (non-hydrogen) atoms. The van der Waals surface area contributed by atoms with E-state index in [-0.39, 0.29) is 5.78 Å². The van der Waals surface area contributed by atoms with Crippen LogP contribution in [0.25, 0.3) is 0 Å². The first-order valence-corrected chi connectivity index (χ1v) is 3.43. The summed E-state index contributed by atoms with van der Waals surface area (Å²) in [4.78, 5) is 10.8. The number of rotatable bonds is 0. The fraction of sp³-hybridized carbons (Fsp3) is 0.857. The number of halogens is 1. The van der Waals surface area contributed by atoms with E-state index in [1.165, 1.54) is 0 Å². The second-order valence-corrected chi connectivity index (χ2v) is 3.20. The van der Waals surface area contributed by atoms with Gasteiger partial charge in [-0.3, -0.25) is 4.79 Å². The molecular formula is C7H9FO. The maximum absolute atomic E-state index is 13.0. The summed E-state index contributed by atoms with van der Waals surface area (Å²) in [6, 6.07) is 0. The Morgan fingerprint density at radius 2 is 2.22 bits per heavy atom. The standard InChI is InChI=1S/C7H9FO/c8-7-3-5(4-7)1-2-6(7)9/h5H,1-4H2. The first kappa shape index (κ1) is 5.39. The van der Waals surface area contributed by atoms with Crippen LogP contribution in [0.15, 0.2) is 0 Å². The Hall–Kier alpha value is -0.400. The van der Waals surface area contributed by atoms with Crippen LogP contribution in [-0.4, -0.2) is 11.5 Å². The van der Waals surface area contributed by atoms with Gasteiger partial charge < -0.3 is 0 Å². The molecule has 3 aliphatic rings. The molecule has 0 aromatic carbocycles. The molecule has 0 spiro atoms. The zero-order valence-corrected chi connectivity index (χ0v) is 5.19. The van der Waals surface area contributed by atoms with Gasteiger partial charge in [-0.25, -0.2) is 4.39 Å². The second kappa shape index (κ2) is 1.36. The van der Waals surface area contributed by atoms with Crippen LogP contribution >= 0.6 is 0 Å². The molecule has 2 heteroatoms. The van der Waals surface area contributed by atoms with Crippen LogP contribution in [0.4, 0.5) is 4.39 Å². The quantitative estimate of drug-likeness (QED) is 0.482. The maximum Gasteiger partial charge on any atom is 0.170 e. The molecular weight excluding hydrogens is 119 g/mol. The number of fused-ring (bicyclic) bond motifs is 2. The minimum atomic E-state index is -1.36. The van der Waals surface area contributed by atoms with Gasteiger partial charge >= 0.3 is 0 Å². The van der Waals surface area contributed by atoms with Crippen LogP contribution in [0.2, 0.25) is 0 Å². The van der Waals surface area contributed by atoms with Crippen molar-refractivity contribution in [2.45, 2.75) is 31.4 Å². The Morgan fingerprint density at radius 1 is 1.56 bits per heavy atom. The molecule has 0 aliphatic heterocycles. The molecule has 1 nitrogen and oxygen atoms in total. The lowest BCUT2D eigenvalue weighted by Crippen LogP contribution is -2.51. The Morgan fingerprint density at radius 3 is 2.56 bits per heavy atom. The molecule has 3 fully saturated rings. The third-order valence-electron chi connectivity index (χ3n) is 2.50. The van der Waals surface area contributed by atoms with E-state index in [1.54, 1.807) is 0 Å². The summed E-state index contributed by atoms with van der Waals surface area (Å²) in [5.74, 6) is 0.387. The van der Waals surface area contributed by atoms with Gasteiger partial charge in [-0.2, -0.15) is 0 Å². The number of alkyl halides is 1. The topological polar surface area (TPSA) is 17.1 Å². The van der Waals surface area contributed by atoms with Crippen molar-refractivity contribution >= 4 is 5.78 Å². The molecule has 3 rings (SSSR count). The Balaban J connectivity index is 2.20. The lowest BCUT2D eigenvalue weighted by molar-refractivity contribution is -0.147. The van der Waals surface area contributed by atoms with E-state index in [0.717, 1.165) is 6.42 Å². The normalized spacial score (nSPS) is 48.6. The van der Waals surface area contributed by atoms with Gasteiger partial charge in [0.2, 0.25) is 0 Å². The van der Waals surface area contributed by atoms with Crippen molar-refractivity contribution in [3.8, 4) is 0 Å². The van der Waals surface area contributed by atoms with Gasteiger partial charge in [0.15, 0.2) is 11.5 Å². The van der Waals surface area contributed by atoms with Crippen molar-refractivity contribution in [3.63, 3.8) is 0 Å². The average molecular weight is 128 g/mol. The van der Waals surface area contributed by atoms with Gasteiger partial charge in [-0.1, -0.05) is 0 Å². The lowest BCUT2D eigenvalue weighted by Gasteiger charge is -2.44. The Labute approximate surface area is 53.2 Å². The zero-order chi connectivity index (χ0) is 6.48. The van der Waals surface area contributed by atoms with E-state index in [2.05, 4.69) is 0 Å².